The molecule has 0 aromatic heterocycles. The quantitative estimate of drug-likeness (QED) is 0.888. The van der Waals surface area contributed by atoms with Gasteiger partial charge in [0.1, 0.15) is 5.84 Å². The molecule has 2 N–H and O–H groups in total. The summed E-state index contributed by atoms with van der Waals surface area (Å²) in [4.78, 5) is 17.9. The lowest BCUT2D eigenvalue weighted by atomic mass is 10.2. The largest absolute Gasteiger partial charge is 0.449 e. The number of rotatable bonds is 2. The minimum atomic E-state index is -0.344. The molecule has 1 aliphatic heterocycles. The fraction of sp³-hybridized carbons (Fsp3) is 0.429. The Labute approximate surface area is 113 Å². The maximum atomic E-state index is 12.0. The van der Waals surface area contributed by atoms with Gasteiger partial charge in [0.2, 0.25) is 0 Å². The zero-order valence-corrected chi connectivity index (χ0v) is 11.3. The highest BCUT2D eigenvalue weighted by Gasteiger charge is 2.21. The molecule has 0 spiro atoms. The molecule has 0 fully saturated rings. The first kappa shape index (κ1) is 13.4. The molecule has 1 heterocycles. The number of nitrogens with zero attached hydrogens (tertiary/aromatic N) is 2. The van der Waals surface area contributed by atoms with Crippen LogP contribution in [0.25, 0.3) is 0 Å². The Morgan fingerprint density at radius 1 is 1.42 bits per heavy atom. The maximum Gasteiger partial charge on any atom is 0.410 e. The molecule has 5 nitrogen and oxygen atoms in total. The maximum absolute atomic E-state index is 12.0. The van der Waals surface area contributed by atoms with Gasteiger partial charge in [0.25, 0.3) is 0 Å². The molecule has 0 atom stereocenters. The van der Waals surface area contributed by atoms with E-state index in [0.29, 0.717) is 31.4 Å². The van der Waals surface area contributed by atoms with Crippen molar-refractivity contribution in [1.29, 1.82) is 0 Å². The van der Waals surface area contributed by atoms with Gasteiger partial charge in [-0.3, -0.25) is 4.90 Å². The van der Waals surface area contributed by atoms with Crippen LogP contribution in [0.2, 0.25) is 0 Å². The van der Waals surface area contributed by atoms with Gasteiger partial charge in [0.15, 0.2) is 0 Å². The molecule has 0 bridgehead atoms. The number of amidine groups is 1. The van der Waals surface area contributed by atoms with Crippen molar-refractivity contribution in [3.8, 4) is 0 Å². The second kappa shape index (κ2) is 5.73. The summed E-state index contributed by atoms with van der Waals surface area (Å²) in [6.07, 6.45) is -0.344. The summed E-state index contributed by atoms with van der Waals surface area (Å²) in [6.45, 7) is 5.18. The van der Waals surface area contributed by atoms with Gasteiger partial charge < -0.3 is 10.5 Å². The van der Waals surface area contributed by atoms with Crippen LogP contribution in [0.4, 0.5) is 10.5 Å². The van der Waals surface area contributed by atoms with E-state index >= 15 is 0 Å². The van der Waals surface area contributed by atoms with Crippen molar-refractivity contribution in [2.45, 2.75) is 20.4 Å². The van der Waals surface area contributed by atoms with Gasteiger partial charge in [-0.05, 0) is 17.5 Å². The first-order valence-corrected chi connectivity index (χ1v) is 6.39. The Morgan fingerprint density at radius 3 is 2.89 bits per heavy atom. The lowest BCUT2D eigenvalue weighted by Gasteiger charge is -2.20. The fourth-order valence-electron chi connectivity index (χ4n) is 1.86. The lowest BCUT2D eigenvalue weighted by molar-refractivity contribution is 0.0949. The number of ether oxygens (including phenoxy) is 1. The zero-order chi connectivity index (χ0) is 13.8. The third kappa shape index (κ3) is 3.47. The van der Waals surface area contributed by atoms with Gasteiger partial charge in [-0.25, -0.2) is 9.79 Å². The molecule has 0 aliphatic carbocycles. The summed E-state index contributed by atoms with van der Waals surface area (Å²) in [5.74, 6) is 0.737. The molecular formula is C14H19N3O2. The number of amides is 1. The van der Waals surface area contributed by atoms with Crippen molar-refractivity contribution in [2.75, 3.05) is 13.2 Å². The Hall–Kier alpha value is -2.04. The molecule has 0 radical (unpaired) electrons. The van der Waals surface area contributed by atoms with Crippen LogP contribution >= 0.6 is 0 Å². The summed E-state index contributed by atoms with van der Waals surface area (Å²) < 4.78 is 5.24. The summed E-state index contributed by atoms with van der Waals surface area (Å²) in [5, 5.41) is 0. The van der Waals surface area contributed by atoms with E-state index < -0.39 is 0 Å². The number of hydrogen-bond donors (Lipinski definition) is 1. The minimum absolute atomic E-state index is 0.297. The summed E-state index contributed by atoms with van der Waals surface area (Å²) in [5.41, 5.74) is 7.63. The molecule has 102 valence electrons. The third-order valence-electron chi connectivity index (χ3n) is 2.77. The second-order valence-electron chi connectivity index (χ2n) is 5.06. The number of benzene rings is 1. The standard InChI is InChI=1S/C14H19N3O2/c1-10(2)9-19-14(18)17-7-11-5-3-4-6-12(11)16-13(15)8-17/h3-6,10H,7-9H2,1-2H3,(H2,15,16). The van der Waals surface area contributed by atoms with Crippen LogP contribution in [0.3, 0.4) is 0 Å². The number of aliphatic imine (C=N–C) groups is 1. The summed E-state index contributed by atoms with van der Waals surface area (Å²) in [6, 6.07) is 7.67. The first-order chi connectivity index (χ1) is 9.06. The first-order valence-electron chi connectivity index (χ1n) is 6.39. The highest BCUT2D eigenvalue weighted by atomic mass is 16.6. The number of nitrogens with two attached hydrogens (primary N) is 1. The van der Waals surface area contributed by atoms with E-state index in [2.05, 4.69) is 4.99 Å². The van der Waals surface area contributed by atoms with E-state index in [0.717, 1.165) is 11.3 Å². The zero-order valence-electron chi connectivity index (χ0n) is 11.3. The topological polar surface area (TPSA) is 67.9 Å². The second-order valence-corrected chi connectivity index (χ2v) is 5.06. The van der Waals surface area contributed by atoms with Crippen LogP contribution in [0.1, 0.15) is 19.4 Å². The monoisotopic (exact) mass is 261 g/mol. The number of hydrogen-bond acceptors (Lipinski definition) is 4. The molecule has 1 amide bonds. The molecule has 1 aliphatic rings. The molecule has 2 rings (SSSR count). The van der Waals surface area contributed by atoms with Crippen molar-refractivity contribution < 1.29 is 9.53 Å². The van der Waals surface area contributed by atoms with Crippen LogP contribution in [-0.2, 0) is 11.3 Å². The Kier molecular flexibility index (Phi) is 4.04. The normalized spacial score (nSPS) is 14.7. The van der Waals surface area contributed by atoms with E-state index in [4.69, 9.17) is 10.5 Å². The highest BCUT2D eigenvalue weighted by Crippen LogP contribution is 2.23. The summed E-state index contributed by atoms with van der Waals surface area (Å²) in [7, 11) is 0. The number of carbonyl (C=O) groups excluding carboxylic acids is 1. The van der Waals surface area contributed by atoms with Crippen molar-refractivity contribution >= 4 is 17.6 Å². The Balaban J connectivity index is 2.13. The van der Waals surface area contributed by atoms with Gasteiger partial charge in [-0.1, -0.05) is 32.0 Å². The molecule has 0 saturated carbocycles. The van der Waals surface area contributed by atoms with Gasteiger partial charge in [0.05, 0.1) is 25.4 Å². The summed E-state index contributed by atoms with van der Waals surface area (Å²) >= 11 is 0. The molecule has 1 aromatic carbocycles. The molecule has 1 aromatic rings. The van der Waals surface area contributed by atoms with E-state index in [1.165, 1.54) is 0 Å². The van der Waals surface area contributed by atoms with Crippen molar-refractivity contribution in [2.24, 2.45) is 16.6 Å². The van der Waals surface area contributed by atoms with Crippen LogP contribution in [0.5, 0.6) is 0 Å². The van der Waals surface area contributed by atoms with Crippen LogP contribution in [0, 0.1) is 5.92 Å². The number of carbonyl (C=O) groups is 1. The Morgan fingerprint density at radius 2 is 2.16 bits per heavy atom. The molecule has 0 unspecified atom stereocenters. The van der Waals surface area contributed by atoms with Crippen LogP contribution in [0.15, 0.2) is 29.3 Å². The predicted molar refractivity (Wildman–Crippen MR) is 74.3 cm³/mol. The van der Waals surface area contributed by atoms with Crippen LogP contribution in [-0.4, -0.2) is 30.0 Å². The SMILES string of the molecule is CC(C)COC(=O)N1CC(N)=Nc2ccccc2C1. The van der Waals surface area contributed by atoms with E-state index in [1.54, 1.807) is 4.90 Å². The molecule has 19 heavy (non-hydrogen) atoms. The Bertz CT molecular complexity index is 497. The highest BCUT2D eigenvalue weighted by molar-refractivity contribution is 5.88. The fourth-order valence-corrected chi connectivity index (χ4v) is 1.86. The minimum Gasteiger partial charge on any atom is -0.449 e. The van der Waals surface area contributed by atoms with Crippen LogP contribution < -0.4 is 5.73 Å². The predicted octanol–water partition coefficient (Wildman–Crippen LogP) is 2.28. The molecule has 0 saturated heterocycles. The lowest BCUT2D eigenvalue weighted by Crippen LogP contribution is -2.37. The van der Waals surface area contributed by atoms with Gasteiger partial charge in [0, 0.05) is 0 Å². The smallest absolute Gasteiger partial charge is 0.410 e. The average molecular weight is 261 g/mol. The number of para-hydroxylation sites is 1. The molecule has 5 heteroatoms. The van der Waals surface area contributed by atoms with Gasteiger partial charge in [-0.15, -0.1) is 0 Å². The van der Waals surface area contributed by atoms with E-state index in [-0.39, 0.29) is 6.09 Å². The van der Waals surface area contributed by atoms with Crippen molar-refractivity contribution in [1.82, 2.24) is 4.90 Å². The third-order valence-corrected chi connectivity index (χ3v) is 2.77. The van der Waals surface area contributed by atoms with Crippen molar-refractivity contribution in [3.05, 3.63) is 29.8 Å². The van der Waals surface area contributed by atoms with E-state index in [1.807, 2.05) is 38.1 Å². The van der Waals surface area contributed by atoms with Gasteiger partial charge in [-0.2, -0.15) is 0 Å². The van der Waals surface area contributed by atoms with Crippen molar-refractivity contribution in [3.63, 3.8) is 0 Å². The van der Waals surface area contributed by atoms with E-state index in [9.17, 15) is 4.79 Å². The van der Waals surface area contributed by atoms with Gasteiger partial charge >= 0.3 is 6.09 Å². The number of fused-ring (bicyclic) bond motifs is 1. The average Bonchev–Trinajstić information content (AvgIpc) is 2.53. The molecular weight excluding hydrogens is 242 g/mol.